The summed E-state index contributed by atoms with van der Waals surface area (Å²) in [4.78, 5) is 30.1. The maximum Gasteiger partial charge on any atom is 0.254 e. The normalized spacial score (nSPS) is 11.6. The van der Waals surface area contributed by atoms with Crippen molar-refractivity contribution in [3.63, 3.8) is 0 Å². The molecule has 3 aromatic rings. The third-order valence-electron chi connectivity index (χ3n) is 6.13. The molecule has 0 radical (unpaired) electrons. The molecular weight excluding hydrogens is 450 g/mol. The van der Waals surface area contributed by atoms with Crippen LogP contribution in [-0.2, 0) is 11.3 Å². The zero-order chi connectivity index (χ0) is 26.2. The summed E-state index contributed by atoms with van der Waals surface area (Å²) in [6.07, 6.45) is 0.456. The first-order valence-corrected chi connectivity index (χ1v) is 12.3. The van der Waals surface area contributed by atoms with E-state index in [0.29, 0.717) is 24.3 Å². The largest absolute Gasteiger partial charge is 0.497 e. The Morgan fingerprint density at radius 3 is 2.17 bits per heavy atom. The van der Waals surface area contributed by atoms with Gasteiger partial charge in [0.2, 0.25) is 5.91 Å². The summed E-state index contributed by atoms with van der Waals surface area (Å²) in [6.45, 7) is 6.46. The predicted octanol–water partition coefficient (Wildman–Crippen LogP) is 6.15. The van der Waals surface area contributed by atoms with E-state index in [4.69, 9.17) is 4.74 Å². The van der Waals surface area contributed by atoms with Gasteiger partial charge in [0.15, 0.2) is 0 Å². The van der Waals surface area contributed by atoms with Gasteiger partial charge in [-0.2, -0.15) is 0 Å². The molecular formula is C30H37N3O3. The number of carbonyl (C=O) groups excluding carboxylic acids is 2. The number of ether oxygens (including phenoxy) is 1. The molecule has 1 atom stereocenters. The molecule has 36 heavy (non-hydrogen) atoms. The minimum Gasteiger partial charge on any atom is -0.497 e. The lowest BCUT2D eigenvalue weighted by molar-refractivity contribution is -0.116. The van der Waals surface area contributed by atoms with Gasteiger partial charge < -0.3 is 19.9 Å². The second-order valence-corrected chi connectivity index (χ2v) is 9.63. The molecule has 3 aromatic carbocycles. The molecule has 0 aliphatic heterocycles. The topological polar surface area (TPSA) is 61.9 Å². The third-order valence-corrected chi connectivity index (χ3v) is 6.13. The van der Waals surface area contributed by atoms with Crippen LogP contribution in [0.25, 0.3) is 0 Å². The van der Waals surface area contributed by atoms with Crippen LogP contribution in [0.15, 0.2) is 72.8 Å². The predicted molar refractivity (Wildman–Crippen MR) is 147 cm³/mol. The van der Waals surface area contributed by atoms with E-state index in [-0.39, 0.29) is 23.8 Å². The highest BCUT2D eigenvalue weighted by Gasteiger charge is 2.25. The van der Waals surface area contributed by atoms with Gasteiger partial charge in [0, 0.05) is 44.0 Å². The number of rotatable bonds is 10. The van der Waals surface area contributed by atoms with Crippen molar-refractivity contribution in [2.75, 3.05) is 31.4 Å². The number of nitrogens with one attached hydrogen (secondary N) is 1. The number of methoxy groups -OCH3 is 1. The summed E-state index contributed by atoms with van der Waals surface area (Å²) in [5.74, 6) is 0.883. The smallest absolute Gasteiger partial charge is 0.254 e. The van der Waals surface area contributed by atoms with Gasteiger partial charge in [0.1, 0.15) is 5.75 Å². The second-order valence-electron chi connectivity index (χ2n) is 9.63. The van der Waals surface area contributed by atoms with Crippen LogP contribution in [0.4, 0.5) is 11.4 Å². The SMILES string of the molecule is COc1ccc(C(=O)N(Cc2cc(NC(=O)CC(C)C)ccc2N(C)C)C(C)c2ccccc2)cc1. The van der Waals surface area contributed by atoms with Gasteiger partial charge in [-0.15, -0.1) is 0 Å². The maximum absolute atomic E-state index is 13.8. The summed E-state index contributed by atoms with van der Waals surface area (Å²) in [6, 6.07) is 22.9. The van der Waals surface area contributed by atoms with E-state index in [0.717, 1.165) is 22.5 Å². The van der Waals surface area contributed by atoms with Crippen LogP contribution in [0.2, 0.25) is 0 Å². The number of amides is 2. The van der Waals surface area contributed by atoms with Crippen molar-refractivity contribution in [3.05, 3.63) is 89.5 Å². The molecule has 3 rings (SSSR count). The fourth-order valence-electron chi connectivity index (χ4n) is 4.19. The average Bonchev–Trinajstić information content (AvgIpc) is 2.86. The minimum atomic E-state index is -0.171. The summed E-state index contributed by atoms with van der Waals surface area (Å²) in [5, 5.41) is 3.01. The van der Waals surface area contributed by atoms with Gasteiger partial charge >= 0.3 is 0 Å². The lowest BCUT2D eigenvalue weighted by atomic mass is 10.0. The fourth-order valence-corrected chi connectivity index (χ4v) is 4.19. The zero-order valence-electron chi connectivity index (χ0n) is 22.1. The van der Waals surface area contributed by atoms with Crippen molar-refractivity contribution >= 4 is 23.2 Å². The Kier molecular flexibility index (Phi) is 9.12. The number of nitrogens with zero attached hydrogens (tertiary/aromatic N) is 2. The molecule has 190 valence electrons. The first kappa shape index (κ1) is 26.8. The van der Waals surface area contributed by atoms with Crippen LogP contribution in [0.1, 0.15) is 54.7 Å². The van der Waals surface area contributed by atoms with E-state index in [1.165, 1.54) is 0 Å². The summed E-state index contributed by atoms with van der Waals surface area (Å²) < 4.78 is 5.27. The second kappa shape index (κ2) is 12.2. The Morgan fingerprint density at radius 1 is 0.917 bits per heavy atom. The molecule has 0 bridgehead atoms. The fraction of sp³-hybridized carbons (Fsp3) is 0.333. The zero-order valence-corrected chi connectivity index (χ0v) is 22.1. The molecule has 2 amide bonds. The van der Waals surface area contributed by atoms with Crippen molar-refractivity contribution in [2.45, 2.75) is 39.8 Å². The summed E-state index contributed by atoms with van der Waals surface area (Å²) in [7, 11) is 5.56. The van der Waals surface area contributed by atoms with Gasteiger partial charge in [0.05, 0.1) is 13.2 Å². The van der Waals surface area contributed by atoms with Crippen molar-refractivity contribution in [1.82, 2.24) is 4.90 Å². The van der Waals surface area contributed by atoms with Gasteiger partial charge in [-0.1, -0.05) is 44.2 Å². The molecule has 1 N–H and O–H groups in total. The van der Waals surface area contributed by atoms with Crippen molar-refractivity contribution in [1.29, 1.82) is 0 Å². The molecule has 6 heteroatoms. The Balaban J connectivity index is 2.00. The highest BCUT2D eigenvalue weighted by atomic mass is 16.5. The molecule has 0 spiro atoms. The van der Waals surface area contributed by atoms with Crippen LogP contribution >= 0.6 is 0 Å². The standard InChI is InChI=1S/C30H37N3O3/c1-21(2)18-29(34)31-26-14-17-28(32(4)5)25(19-26)20-33(22(3)23-10-8-7-9-11-23)30(35)24-12-15-27(36-6)16-13-24/h7-17,19,21-22H,18,20H2,1-6H3,(H,31,34). The van der Waals surface area contributed by atoms with E-state index in [9.17, 15) is 9.59 Å². The highest BCUT2D eigenvalue weighted by Crippen LogP contribution is 2.30. The summed E-state index contributed by atoms with van der Waals surface area (Å²) >= 11 is 0. The third kappa shape index (κ3) is 6.87. The molecule has 1 unspecified atom stereocenters. The van der Waals surface area contributed by atoms with Gasteiger partial charge in [-0.25, -0.2) is 0 Å². The van der Waals surface area contributed by atoms with E-state index < -0.39 is 0 Å². The molecule has 0 heterocycles. The molecule has 0 saturated carbocycles. The van der Waals surface area contributed by atoms with Crippen LogP contribution in [-0.4, -0.2) is 37.9 Å². The van der Waals surface area contributed by atoms with E-state index in [1.54, 1.807) is 31.4 Å². The Labute approximate surface area is 214 Å². The van der Waals surface area contributed by atoms with Crippen molar-refractivity contribution in [3.8, 4) is 5.75 Å². The Hall–Kier alpha value is -3.80. The molecule has 0 fully saturated rings. The van der Waals surface area contributed by atoms with Gasteiger partial charge in [-0.05, 0) is 66.4 Å². The van der Waals surface area contributed by atoms with Gasteiger partial charge in [0.25, 0.3) is 5.91 Å². The number of carbonyl (C=O) groups is 2. The molecule has 0 aliphatic carbocycles. The van der Waals surface area contributed by atoms with Crippen LogP contribution in [0.3, 0.4) is 0 Å². The van der Waals surface area contributed by atoms with Crippen LogP contribution in [0.5, 0.6) is 5.75 Å². The van der Waals surface area contributed by atoms with Crippen molar-refractivity contribution in [2.24, 2.45) is 5.92 Å². The first-order chi connectivity index (χ1) is 17.2. The molecule has 0 aliphatic rings. The van der Waals surface area contributed by atoms with Crippen LogP contribution in [0, 0.1) is 5.92 Å². The van der Waals surface area contributed by atoms with Crippen molar-refractivity contribution < 1.29 is 14.3 Å². The quantitative estimate of drug-likeness (QED) is 0.373. The Bertz CT molecular complexity index is 1160. The van der Waals surface area contributed by atoms with Crippen LogP contribution < -0.4 is 15.0 Å². The number of hydrogen-bond donors (Lipinski definition) is 1. The number of hydrogen-bond acceptors (Lipinski definition) is 4. The van der Waals surface area contributed by atoms with E-state index in [1.807, 2.05) is 93.2 Å². The monoisotopic (exact) mass is 487 g/mol. The van der Waals surface area contributed by atoms with Gasteiger partial charge in [-0.3, -0.25) is 9.59 Å². The lowest BCUT2D eigenvalue weighted by Crippen LogP contribution is -2.33. The maximum atomic E-state index is 13.8. The number of anilines is 2. The molecule has 6 nitrogen and oxygen atoms in total. The average molecular weight is 488 g/mol. The molecule has 0 aromatic heterocycles. The summed E-state index contributed by atoms with van der Waals surface area (Å²) in [5.41, 5.74) is 4.31. The van der Waals surface area contributed by atoms with E-state index >= 15 is 0 Å². The minimum absolute atomic E-state index is 0.0163. The first-order valence-electron chi connectivity index (χ1n) is 12.3. The number of benzene rings is 3. The van der Waals surface area contributed by atoms with E-state index in [2.05, 4.69) is 5.32 Å². The molecule has 0 saturated heterocycles. The lowest BCUT2D eigenvalue weighted by Gasteiger charge is -2.32. The Morgan fingerprint density at radius 2 is 1.58 bits per heavy atom. The highest BCUT2D eigenvalue weighted by molar-refractivity contribution is 5.95.